The summed E-state index contributed by atoms with van der Waals surface area (Å²) in [4.78, 5) is 11.4. The van der Waals surface area contributed by atoms with E-state index in [1.165, 1.54) is 31.4 Å². The molecule has 2 N–H and O–H groups in total. The Kier molecular flexibility index (Phi) is 6.54. The van der Waals surface area contributed by atoms with Gasteiger partial charge in [-0.3, -0.25) is 0 Å². The van der Waals surface area contributed by atoms with Crippen LogP contribution in [0.15, 0.2) is 44.4 Å². The fourth-order valence-corrected chi connectivity index (χ4v) is 4.90. The van der Waals surface area contributed by atoms with Gasteiger partial charge >= 0.3 is 5.76 Å². The molecule has 0 aliphatic rings. The molecule has 0 saturated heterocycles. The van der Waals surface area contributed by atoms with Crippen molar-refractivity contribution in [3.05, 3.63) is 74.3 Å². The lowest BCUT2D eigenvalue weighted by atomic mass is 9.88. The van der Waals surface area contributed by atoms with Gasteiger partial charge in [-0.2, -0.15) is 4.72 Å². The largest absolute Gasteiger partial charge is 0.495 e. The van der Waals surface area contributed by atoms with Gasteiger partial charge in [0.2, 0.25) is 15.9 Å². The maximum absolute atomic E-state index is 13.9. The molecule has 2 atom stereocenters. The number of ether oxygens (including phenoxy) is 1. The number of halogens is 2. The number of sulfonamides is 1. The normalized spacial score (nSPS) is 13.7. The quantitative estimate of drug-likeness (QED) is 0.546. The van der Waals surface area contributed by atoms with Crippen LogP contribution in [0.2, 0.25) is 5.02 Å². The summed E-state index contributed by atoms with van der Waals surface area (Å²) in [7, 11) is -2.84. The molecule has 166 valence electrons. The van der Waals surface area contributed by atoms with Crippen LogP contribution in [0.3, 0.4) is 0 Å². The highest BCUT2D eigenvalue weighted by molar-refractivity contribution is 7.89. The first-order chi connectivity index (χ1) is 14.5. The number of H-pyrrole nitrogens is 1. The molecule has 3 aromatic rings. The lowest BCUT2D eigenvalue weighted by Gasteiger charge is -2.25. The second kappa shape index (κ2) is 8.81. The van der Waals surface area contributed by atoms with Crippen molar-refractivity contribution in [3.63, 3.8) is 0 Å². The summed E-state index contributed by atoms with van der Waals surface area (Å²) in [6, 6.07) is 5.89. The highest BCUT2D eigenvalue weighted by Crippen LogP contribution is 2.35. The fraction of sp³-hybridized carbons (Fsp3) is 0.300. The minimum atomic E-state index is -4.17. The van der Waals surface area contributed by atoms with E-state index in [-0.39, 0.29) is 22.4 Å². The Morgan fingerprint density at radius 1 is 1.23 bits per heavy atom. The van der Waals surface area contributed by atoms with Gasteiger partial charge in [0.1, 0.15) is 22.5 Å². The van der Waals surface area contributed by atoms with Crippen LogP contribution in [-0.4, -0.2) is 25.7 Å². The van der Waals surface area contributed by atoms with Gasteiger partial charge in [-0.1, -0.05) is 24.6 Å². The number of aromatic nitrogens is 2. The average molecular weight is 470 g/mol. The van der Waals surface area contributed by atoms with Crippen LogP contribution < -0.4 is 15.2 Å². The maximum atomic E-state index is 13.9. The Labute approximate surface area is 183 Å². The Morgan fingerprint density at radius 2 is 1.94 bits per heavy atom. The van der Waals surface area contributed by atoms with E-state index in [1.54, 1.807) is 26.8 Å². The minimum absolute atomic E-state index is 0.0451. The van der Waals surface area contributed by atoms with E-state index in [4.69, 9.17) is 20.8 Å². The topological polar surface area (TPSA) is 114 Å². The third kappa shape index (κ3) is 4.65. The number of benzene rings is 2. The van der Waals surface area contributed by atoms with Crippen molar-refractivity contribution >= 4 is 21.6 Å². The third-order valence-corrected chi connectivity index (χ3v) is 6.89. The fourth-order valence-electron chi connectivity index (χ4n) is 3.32. The summed E-state index contributed by atoms with van der Waals surface area (Å²) in [5.41, 5.74) is 1.76. The molecule has 1 heterocycles. The van der Waals surface area contributed by atoms with E-state index in [0.29, 0.717) is 21.7 Å². The molecule has 2 unspecified atom stereocenters. The summed E-state index contributed by atoms with van der Waals surface area (Å²) >= 11 is 5.94. The van der Waals surface area contributed by atoms with Gasteiger partial charge in [0.15, 0.2) is 0 Å². The summed E-state index contributed by atoms with van der Waals surface area (Å²) in [6.07, 6.45) is 0. The summed E-state index contributed by atoms with van der Waals surface area (Å²) in [5, 5.41) is 6.25. The van der Waals surface area contributed by atoms with E-state index in [2.05, 4.69) is 14.9 Å². The van der Waals surface area contributed by atoms with Gasteiger partial charge in [-0.05, 0) is 48.7 Å². The maximum Gasteiger partial charge on any atom is 0.434 e. The zero-order valence-corrected chi connectivity index (χ0v) is 18.8. The lowest BCUT2D eigenvalue weighted by molar-refractivity contribution is 0.378. The van der Waals surface area contributed by atoms with Crippen molar-refractivity contribution in [2.45, 2.75) is 37.6 Å². The van der Waals surface area contributed by atoms with Crippen LogP contribution in [0.4, 0.5) is 4.39 Å². The standard InChI is InChI=1S/C20H21ClFN3O5S/c1-10-11(2)15(22)7-6-14(10)12(3)18(19-23-24-20(26)30-19)25-31(27,28)17-8-5-13(21)9-16(17)29-4/h5-9,12,18,25H,1-4H3,(H,24,26). The van der Waals surface area contributed by atoms with Crippen LogP contribution in [0.25, 0.3) is 0 Å². The average Bonchev–Trinajstić information content (AvgIpc) is 3.15. The molecule has 0 fully saturated rings. The van der Waals surface area contributed by atoms with Gasteiger partial charge in [0.05, 0.1) is 7.11 Å². The number of hydrogen-bond donors (Lipinski definition) is 2. The molecule has 0 radical (unpaired) electrons. The number of methoxy groups -OCH3 is 1. The Balaban J connectivity index is 2.09. The van der Waals surface area contributed by atoms with Crippen LogP contribution in [0.1, 0.15) is 41.5 Å². The Bertz CT molecular complexity index is 1270. The van der Waals surface area contributed by atoms with Gasteiger partial charge < -0.3 is 9.15 Å². The zero-order chi connectivity index (χ0) is 22.9. The molecule has 3 rings (SSSR count). The molecule has 0 bridgehead atoms. The highest BCUT2D eigenvalue weighted by atomic mass is 35.5. The third-order valence-electron chi connectivity index (χ3n) is 5.17. The number of hydrogen-bond acceptors (Lipinski definition) is 6. The number of nitrogens with zero attached hydrogens (tertiary/aromatic N) is 1. The summed E-state index contributed by atoms with van der Waals surface area (Å²) < 4.78 is 53.1. The number of rotatable bonds is 7. The van der Waals surface area contributed by atoms with Gasteiger partial charge in [0.25, 0.3) is 0 Å². The van der Waals surface area contributed by atoms with Crippen LogP contribution in [0, 0.1) is 19.7 Å². The molecule has 0 amide bonds. The first-order valence-electron chi connectivity index (χ1n) is 9.22. The lowest BCUT2D eigenvalue weighted by Crippen LogP contribution is -2.33. The molecular formula is C20H21ClFN3O5S. The first-order valence-corrected chi connectivity index (χ1v) is 11.1. The van der Waals surface area contributed by atoms with Crippen molar-refractivity contribution in [1.29, 1.82) is 0 Å². The monoisotopic (exact) mass is 469 g/mol. The van der Waals surface area contributed by atoms with Gasteiger partial charge in [0, 0.05) is 17.0 Å². The van der Waals surface area contributed by atoms with Crippen molar-refractivity contribution in [2.75, 3.05) is 7.11 Å². The van der Waals surface area contributed by atoms with Crippen LogP contribution in [0.5, 0.6) is 5.75 Å². The van der Waals surface area contributed by atoms with Crippen molar-refractivity contribution < 1.29 is 22.0 Å². The molecule has 0 spiro atoms. The minimum Gasteiger partial charge on any atom is -0.495 e. The molecule has 1 aromatic heterocycles. The first kappa shape index (κ1) is 23.0. The van der Waals surface area contributed by atoms with E-state index in [0.717, 1.165) is 0 Å². The smallest absolute Gasteiger partial charge is 0.434 e. The van der Waals surface area contributed by atoms with Crippen molar-refractivity contribution in [3.8, 4) is 5.75 Å². The van der Waals surface area contributed by atoms with Crippen molar-refractivity contribution in [1.82, 2.24) is 14.9 Å². The molecular weight excluding hydrogens is 449 g/mol. The molecule has 8 nitrogen and oxygen atoms in total. The molecule has 11 heteroatoms. The second-order valence-corrected chi connectivity index (χ2v) is 9.14. The zero-order valence-electron chi connectivity index (χ0n) is 17.2. The molecule has 0 saturated carbocycles. The summed E-state index contributed by atoms with van der Waals surface area (Å²) in [5.74, 6) is -1.89. The molecule has 2 aromatic carbocycles. The van der Waals surface area contributed by atoms with Gasteiger partial charge in [-0.25, -0.2) is 22.7 Å². The SMILES string of the molecule is COc1cc(Cl)ccc1S(=O)(=O)NC(c1n[nH]c(=O)o1)C(C)c1ccc(F)c(C)c1C. The molecule has 0 aliphatic heterocycles. The predicted molar refractivity (Wildman–Crippen MR) is 112 cm³/mol. The van der Waals surface area contributed by atoms with Gasteiger partial charge in [-0.15, -0.1) is 5.10 Å². The molecule has 0 aliphatic carbocycles. The van der Waals surface area contributed by atoms with E-state index in [9.17, 15) is 17.6 Å². The van der Waals surface area contributed by atoms with E-state index in [1.807, 2.05) is 0 Å². The van der Waals surface area contributed by atoms with Crippen molar-refractivity contribution in [2.24, 2.45) is 0 Å². The van der Waals surface area contributed by atoms with E-state index < -0.39 is 27.7 Å². The van der Waals surface area contributed by atoms with Crippen LogP contribution in [-0.2, 0) is 10.0 Å². The Morgan fingerprint density at radius 3 is 2.55 bits per heavy atom. The number of aromatic amines is 1. The molecule has 31 heavy (non-hydrogen) atoms. The van der Waals surface area contributed by atoms with E-state index >= 15 is 0 Å². The predicted octanol–water partition coefficient (Wildman–Crippen LogP) is 3.60. The second-order valence-electron chi connectivity index (χ2n) is 7.02. The highest BCUT2D eigenvalue weighted by Gasteiger charge is 2.33. The number of nitrogens with one attached hydrogen (secondary N) is 2. The summed E-state index contributed by atoms with van der Waals surface area (Å²) in [6.45, 7) is 5.09. The Hall–Kier alpha value is -2.69. The van der Waals surface area contributed by atoms with Crippen LogP contribution >= 0.6 is 11.6 Å².